The molecule has 2 N–H and O–H groups in total. The summed E-state index contributed by atoms with van der Waals surface area (Å²) >= 11 is 0. The van der Waals surface area contributed by atoms with Gasteiger partial charge in [-0.3, -0.25) is 0 Å². The summed E-state index contributed by atoms with van der Waals surface area (Å²) in [6.07, 6.45) is 5.41. The fraction of sp³-hybridized carbons (Fsp3) is 0.647. The summed E-state index contributed by atoms with van der Waals surface area (Å²) in [6, 6.07) is 6.46. The van der Waals surface area contributed by atoms with Gasteiger partial charge in [0, 0.05) is 0 Å². The quantitative estimate of drug-likeness (QED) is 0.892. The maximum absolute atomic E-state index is 6.23. The van der Waals surface area contributed by atoms with Crippen LogP contribution in [-0.4, -0.2) is 12.7 Å². The molecule has 0 amide bonds. The van der Waals surface area contributed by atoms with E-state index < -0.39 is 0 Å². The lowest BCUT2D eigenvalue weighted by molar-refractivity contribution is 0.0126. The minimum Gasteiger partial charge on any atom is -0.376 e. The Morgan fingerprint density at radius 1 is 1.16 bits per heavy atom. The average Bonchev–Trinajstić information content (AvgIpc) is 2.41. The van der Waals surface area contributed by atoms with Crippen LogP contribution >= 0.6 is 0 Å². The minimum atomic E-state index is -0.00125. The van der Waals surface area contributed by atoms with Crippen molar-refractivity contribution < 1.29 is 4.74 Å². The highest BCUT2D eigenvalue weighted by molar-refractivity contribution is 5.31. The molecular formula is C17H27NO. The van der Waals surface area contributed by atoms with Crippen molar-refractivity contribution in [1.82, 2.24) is 0 Å². The van der Waals surface area contributed by atoms with Crippen molar-refractivity contribution in [1.29, 1.82) is 0 Å². The third kappa shape index (κ3) is 4.05. The van der Waals surface area contributed by atoms with Gasteiger partial charge in [-0.05, 0) is 62.1 Å². The first-order chi connectivity index (χ1) is 9.06. The van der Waals surface area contributed by atoms with Crippen LogP contribution in [0.3, 0.4) is 0 Å². The summed E-state index contributed by atoms with van der Waals surface area (Å²) in [6.45, 7) is 7.23. The molecule has 1 aromatic rings. The van der Waals surface area contributed by atoms with E-state index in [0.29, 0.717) is 12.7 Å². The monoisotopic (exact) mass is 261 g/mol. The van der Waals surface area contributed by atoms with E-state index in [2.05, 4.69) is 39.0 Å². The first-order valence-electron chi connectivity index (χ1n) is 7.50. The molecular weight excluding hydrogens is 234 g/mol. The zero-order valence-corrected chi connectivity index (χ0v) is 12.5. The highest BCUT2D eigenvalue weighted by atomic mass is 16.5. The molecule has 1 aromatic carbocycles. The van der Waals surface area contributed by atoms with Gasteiger partial charge in [0.25, 0.3) is 0 Å². The Hall–Kier alpha value is -0.860. The number of ether oxygens (including phenoxy) is 1. The smallest absolute Gasteiger partial charge is 0.0663 e. The molecule has 1 aliphatic carbocycles. The molecule has 0 aliphatic heterocycles. The summed E-state index contributed by atoms with van der Waals surface area (Å²) < 4.78 is 5.99. The highest BCUT2D eigenvalue weighted by Crippen LogP contribution is 2.26. The van der Waals surface area contributed by atoms with Gasteiger partial charge in [-0.2, -0.15) is 0 Å². The summed E-state index contributed by atoms with van der Waals surface area (Å²) in [4.78, 5) is 0. The Bertz CT molecular complexity index is 408. The van der Waals surface area contributed by atoms with Crippen LogP contribution in [0.4, 0.5) is 0 Å². The molecule has 1 fully saturated rings. The molecule has 0 radical (unpaired) electrons. The topological polar surface area (TPSA) is 35.2 Å². The summed E-state index contributed by atoms with van der Waals surface area (Å²) in [5, 5.41) is 0. The van der Waals surface area contributed by atoms with Crippen LogP contribution in [0, 0.1) is 19.8 Å². The van der Waals surface area contributed by atoms with E-state index in [1.165, 1.54) is 42.4 Å². The molecule has 19 heavy (non-hydrogen) atoms. The third-order valence-electron chi connectivity index (χ3n) is 4.43. The molecule has 1 unspecified atom stereocenters. The number of rotatable bonds is 4. The maximum Gasteiger partial charge on any atom is 0.0663 e. The fourth-order valence-corrected chi connectivity index (χ4v) is 2.73. The van der Waals surface area contributed by atoms with Gasteiger partial charge < -0.3 is 10.5 Å². The molecule has 1 aliphatic rings. The van der Waals surface area contributed by atoms with Gasteiger partial charge in [-0.25, -0.2) is 0 Å². The zero-order valence-electron chi connectivity index (χ0n) is 12.5. The number of aryl methyl sites for hydroxylation is 2. The molecule has 0 aromatic heterocycles. The second-order valence-corrected chi connectivity index (χ2v) is 6.17. The predicted octanol–water partition coefficient (Wildman–Crippen LogP) is 3.90. The van der Waals surface area contributed by atoms with Gasteiger partial charge in [0.2, 0.25) is 0 Å². The molecule has 0 spiro atoms. The van der Waals surface area contributed by atoms with E-state index in [1.807, 2.05) is 0 Å². The van der Waals surface area contributed by atoms with Crippen molar-refractivity contribution >= 4 is 0 Å². The summed E-state index contributed by atoms with van der Waals surface area (Å²) in [5.74, 6) is 0.869. The molecule has 0 saturated heterocycles. The molecule has 2 nitrogen and oxygen atoms in total. The van der Waals surface area contributed by atoms with Crippen LogP contribution in [-0.2, 0) is 4.74 Å². The Balaban J connectivity index is 1.83. The molecule has 1 saturated carbocycles. The van der Waals surface area contributed by atoms with Gasteiger partial charge in [0.1, 0.15) is 0 Å². The molecule has 2 rings (SSSR count). The van der Waals surface area contributed by atoms with Gasteiger partial charge in [-0.15, -0.1) is 0 Å². The lowest BCUT2D eigenvalue weighted by Gasteiger charge is -2.27. The summed E-state index contributed by atoms with van der Waals surface area (Å²) in [5.41, 5.74) is 10.0. The SMILES string of the molecule is Cc1ccc(C(N)COC2CCC(C)CC2)cc1C. The molecule has 0 bridgehead atoms. The zero-order chi connectivity index (χ0) is 13.8. The van der Waals surface area contributed by atoms with E-state index in [0.717, 1.165) is 5.92 Å². The first kappa shape index (κ1) is 14.5. The van der Waals surface area contributed by atoms with Crippen molar-refractivity contribution in [2.45, 2.75) is 58.6 Å². The van der Waals surface area contributed by atoms with Crippen molar-refractivity contribution in [2.75, 3.05) is 6.61 Å². The van der Waals surface area contributed by atoms with Gasteiger partial charge in [0.15, 0.2) is 0 Å². The fourth-order valence-electron chi connectivity index (χ4n) is 2.73. The predicted molar refractivity (Wildman–Crippen MR) is 80.2 cm³/mol. The van der Waals surface area contributed by atoms with Crippen LogP contribution in [0.1, 0.15) is 55.3 Å². The lowest BCUT2D eigenvalue weighted by Crippen LogP contribution is -2.25. The van der Waals surface area contributed by atoms with E-state index in [4.69, 9.17) is 10.5 Å². The van der Waals surface area contributed by atoms with Crippen molar-refractivity contribution in [3.05, 3.63) is 34.9 Å². The molecule has 2 heteroatoms. The number of hydrogen-bond donors (Lipinski definition) is 1. The number of nitrogens with two attached hydrogens (primary N) is 1. The standard InChI is InChI=1S/C17H27NO/c1-12-4-8-16(9-5-12)19-11-17(18)15-7-6-13(2)14(3)10-15/h6-7,10,12,16-17H,4-5,8-9,11,18H2,1-3H3. The van der Waals surface area contributed by atoms with Crippen molar-refractivity contribution in [3.63, 3.8) is 0 Å². The normalized spacial score (nSPS) is 25.3. The minimum absolute atomic E-state index is 0.00125. The summed E-state index contributed by atoms with van der Waals surface area (Å²) in [7, 11) is 0. The largest absolute Gasteiger partial charge is 0.376 e. The number of benzene rings is 1. The Labute approximate surface area is 117 Å². The molecule has 0 heterocycles. The van der Waals surface area contributed by atoms with E-state index in [-0.39, 0.29) is 6.04 Å². The third-order valence-corrected chi connectivity index (χ3v) is 4.43. The second kappa shape index (κ2) is 6.53. The average molecular weight is 261 g/mol. The van der Waals surface area contributed by atoms with Crippen LogP contribution in [0.5, 0.6) is 0 Å². The van der Waals surface area contributed by atoms with Gasteiger partial charge in [0.05, 0.1) is 18.8 Å². The van der Waals surface area contributed by atoms with E-state index in [1.54, 1.807) is 0 Å². The van der Waals surface area contributed by atoms with Crippen molar-refractivity contribution in [3.8, 4) is 0 Å². The molecule has 106 valence electrons. The Kier molecular flexibility index (Phi) is 5.00. The second-order valence-electron chi connectivity index (χ2n) is 6.17. The van der Waals surface area contributed by atoms with E-state index >= 15 is 0 Å². The lowest BCUT2D eigenvalue weighted by atomic mass is 9.89. The van der Waals surface area contributed by atoms with Crippen LogP contribution < -0.4 is 5.73 Å². The Morgan fingerprint density at radius 3 is 2.47 bits per heavy atom. The van der Waals surface area contributed by atoms with Gasteiger partial charge in [-0.1, -0.05) is 25.1 Å². The first-order valence-corrected chi connectivity index (χ1v) is 7.50. The van der Waals surface area contributed by atoms with Gasteiger partial charge >= 0.3 is 0 Å². The van der Waals surface area contributed by atoms with Crippen LogP contribution in [0.2, 0.25) is 0 Å². The van der Waals surface area contributed by atoms with E-state index in [9.17, 15) is 0 Å². The van der Waals surface area contributed by atoms with Crippen LogP contribution in [0.25, 0.3) is 0 Å². The van der Waals surface area contributed by atoms with Crippen LogP contribution in [0.15, 0.2) is 18.2 Å². The molecule has 1 atom stereocenters. The maximum atomic E-state index is 6.23. The Morgan fingerprint density at radius 2 is 1.84 bits per heavy atom. The highest BCUT2D eigenvalue weighted by Gasteiger charge is 2.19. The van der Waals surface area contributed by atoms with Crippen molar-refractivity contribution in [2.24, 2.45) is 11.7 Å². The number of hydrogen-bond acceptors (Lipinski definition) is 2.